The van der Waals surface area contributed by atoms with Gasteiger partial charge in [-0.1, -0.05) is 12.1 Å². The van der Waals surface area contributed by atoms with Crippen molar-refractivity contribution in [2.45, 2.75) is 13.5 Å². The van der Waals surface area contributed by atoms with Crippen LogP contribution in [0.4, 0.5) is 10.9 Å². The lowest BCUT2D eigenvalue weighted by Crippen LogP contribution is -2.46. The Morgan fingerprint density at radius 1 is 1.12 bits per heavy atom. The van der Waals surface area contributed by atoms with E-state index in [9.17, 15) is 0 Å². The Bertz CT molecular complexity index is 853. The number of anilines is 2. The van der Waals surface area contributed by atoms with Gasteiger partial charge in [-0.15, -0.1) is 11.3 Å². The zero-order valence-electron chi connectivity index (χ0n) is 13.6. The van der Waals surface area contributed by atoms with Crippen LogP contribution in [-0.4, -0.2) is 46.0 Å². The smallest absolute Gasteiger partial charge is 0.185 e. The van der Waals surface area contributed by atoms with E-state index in [0.717, 1.165) is 54.6 Å². The Labute approximate surface area is 145 Å². The maximum Gasteiger partial charge on any atom is 0.185 e. The monoisotopic (exact) mass is 340 g/mol. The lowest BCUT2D eigenvalue weighted by atomic mass is 10.2. The van der Waals surface area contributed by atoms with E-state index >= 15 is 0 Å². The first-order chi connectivity index (χ1) is 11.7. The molecule has 0 saturated carbocycles. The van der Waals surface area contributed by atoms with Gasteiger partial charge >= 0.3 is 0 Å². The van der Waals surface area contributed by atoms with Crippen LogP contribution in [0, 0.1) is 6.92 Å². The fourth-order valence-electron chi connectivity index (χ4n) is 3.01. The lowest BCUT2D eigenvalue weighted by molar-refractivity contribution is 0.244. The van der Waals surface area contributed by atoms with Gasteiger partial charge in [0.1, 0.15) is 11.6 Å². The number of thiazole rings is 1. The Kier molecular flexibility index (Phi) is 4.03. The van der Waals surface area contributed by atoms with Crippen LogP contribution in [0.5, 0.6) is 0 Å². The highest BCUT2D eigenvalue weighted by molar-refractivity contribution is 7.15. The maximum absolute atomic E-state index is 6.08. The number of aromatic nitrogens is 3. The average Bonchev–Trinajstić information content (AvgIpc) is 3.02. The quantitative estimate of drug-likeness (QED) is 0.789. The minimum Gasteiger partial charge on any atom is -0.383 e. The molecule has 3 heterocycles. The van der Waals surface area contributed by atoms with Gasteiger partial charge in [0, 0.05) is 42.6 Å². The zero-order valence-corrected chi connectivity index (χ0v) is 14.5. The van der Waals surface area contributed by atoms with Crippen molar-refractivity contribution in [2.24, 2.45) is 0 Å². The van der Waals surface area contributed by atoms with Crippen molar-refractivity contribution in [1.29, 1.82) is 0 Å². The third-order valence-corrected chi connectivity index (χ3v) is 5.27. The van der Waals surface area contributed by atoms with Gasteiger partial charge in [0.25, 0.3) is 0 Å². The summed E-state index contributed by atoms with van der Waals surface area (Å²) < 4.78 is 0. The molecule has 2 aromatic heterocycles. The third-order valence-electron chi connectivity index (χ3n) is 4.30. The topological polar surface area (TPSA) is 71.2 Å². The molecule has 1 aliphatic heterocycles. The van der Waals surface area contributed by atoms with Gasteiger partial charge in [0.15, 0.2) is 5.13 Å². The number of benzene rings is 1. The number of nitrogens with zero attached hydrogens (tertiary/aromatic N) is 5. The maximum atomic E-state index is 6.08. The van der Waals surface area contributed by atoms with Crippen LogP contribution in [0.3, 0.4) is 0 Å². The van der Waals surface area contributed by atoms with Crippen molar-refractivity contribution in [3.63, 3.8) is 0 Å². The van der Waals surface area contributed by atoms with Crippen molar-refractivity contribution in [2.75, 3.05) is 36.8 Å². The fraction of sp³-hybridized carbons (Fsp3) is 0.353. The van der Waals surface area contributed by atoms with Crippen molar-refractivity contribution in [1.82, 2.24) is 19.9 Å². The standard InChI is InChI=1S/C17H20N6S/c1-12-10-19-17(24-12)23-8-6-22(7-9-23)11-15-20-14-5-3-2-4-13(14)16(18)21-15/h2-5,10H,6-9,11H2,1H3,(H2,18,20,21). The molecule has 1 aliphatic rings. The summed E-state index contributed by atoms with van der Waals surface area (Å²) in [5.41, 5.74) is 6.99. The van der Waals surface area contributed by atoms with E-state index in [4.69, 9.17) is 5.73 Å². The van der Waals surface area contributed by atoms with Gasteiger partial charge in [-0.3, -0.25) is 4.90 Å². The molecule has 7 heteroatoms. The molecule has 0 bridgehead atoms. The van der Waals surface area contributed by atoms with Gasteiger partial charge in [-0.05, 0) is 19.1 Å². The number of nitrogens with two attached hydrogens (primary N) is 1. The number of para-hydroxylation sites is 1. The molecule has 124 valence electrons. The molecular weight excluding hydrogens is 320 g/mol. The van der Waals surface area contributed by atoms with Crippen LogP contribution in [0.25, 0.3) is 10.9 Å². The highest BCUT2D eigenvalue weighted by Crippen LogP contribution is 2.23. The van der Waals surface area contributed by atoms with E-state index in [0.29, 0.717) is 5.82 Å². The minimum atomic E-state index is 0.562. The summed E-state index contributed by atoms with van der Waals surface area (Å²) in [4.78, 5) is 19.6. The van der Waals surface area contributed by atoms with Crippen molar-refractivity contribution in [3.05, 3.63) is 41.2 Å². The first kappa shape index (κ1) is 15.3. The van der Waals surface area contributed by atoms with E-state index in [-0.39, 0.29) is 0 Å². The molecule has 0 atom stereocenters. The largest absolute Gasteiger partial charge is 0.383 e. The van der Waals surface area contributed by atoms with Crippen molar-refractivity contribution >= 4 is 33.2 Å². The van der Waals surface area contributed by atoms with Gasteiger partial charge in [0.2, 0.25) is 0 Å². The van der Waals surface area contributed by atoms with Crippen LogP contribution in [0.2, 0.25) is 0 Å². The Morgan fingerprint density at radius 2 is 1.92 bits per heavy atom. The third kappa shape index (κ3) is 3.05. The number of piperazine rings is 1. The van der Waals surface area contributed by atoms with Crippen LogP contribution < -0.4 is 10.6 Å². The molecule has 24 heavy (non-hydrogen) atoms. The first-order valence-corrected chi connectivity index (χ1v) is 8.91. The molecule has 4 rings (SSSR count). The molecule has 3 aromatic rings. The second-order valence-electron chi connectivity index (χ2n) is 6.06. The van der Waals surface area contributed by atoms with Crippen molar-refractivity contribution in [3.8, 4) is 0 Å². The number of aryl methyl sites for hydroxylation is 1. The number of hydrogen-bond donors (Lipinski definition) is 1. The summed E-state index contributed by atoms with van der Waals surface area (Å²) in [6.07, 6.45) is 1.94. The molecule has 1 fully saturated rings. The molecule has 2 N–H and O–H groups in total. The van der Waals surface area contributed by atoms with Crippen LogP contribution in [0.15, 0.2) is 30.5 Å². The van der Waals surface area contributed by atoms with E-state index in [2.05, 4.69) is 31.7 Å². The highest BCUT2D eigenvalue weighted by Gasteiger charge is 2.20. The Balaban J connectivity index is 1.43. The molecule has 0 radical (unpaired) electrons. The molecule has 6 nitrogen and oxygen atoms in total. The Hall–Kier alpha value is -2.25. The summed E-state index contributed by atoms with van der Waals surface area (Å²) in [6, 6.07) is 7.89. The SMILES string of the molecule is Cc1cnc(N2CCN(Cc3nc(N)c4ccccc4n3)CC2)s1. The van der Waals surface area contributed by atoms with E-state index in [1.165, 1.54) is 4.88 Å². The number of fused-ring (bicyclic) bond motifs is 1. The summed E-state index contributed by atoms with van der Waals surface area (Å²) in [6.45, 7) is 6.76. The average molecular weight is 340 g/mol. The van der Waals surface area contributed by atoms with Crippen LogP contribution in [-0.2, 0) is 6.54 Å². The molecule has 1 saturated heterocycles. The fourth-order valence-corrected chi connectivity index (χ4v) is 3.82. The van der Waals surface area contributed by atoms with Crippen LogP contribution >= 0.6 is 11.3 Å². The first-order valence-electron chi connectivity index (χ1n) is 8.10. The molecule has 0 unspecified atom stereocenters. The number of nitrogen functional groups attached to an aromatic ring is 1. The summed E-state index contributed by atoms with van der Waals surface area (Å²) in [5.74, 6) is 1.36. The normalized spacial score (nSPS) is 16.0. The molecule has 1 aromatic carbocycles. The Morgan fingerprint density at radius 3 is 2.67 bits per heavy atom. The lowest BCUT2D eigenvalue weighted by Gasteiger charge is -2.34. The highest BCUT2D eigenvalue weighted by atomic mass is 32.1. The van der Waals surface area contributed by atoms with Gasteiger partial charge in [0.05, 0.1) is 12.1 Å². The summed E-state index contributed by atoms with van der Waals surface area (Å²) >= 11 is 1.76. The van der Waals surface area contributed by atoms with Gasteiger partial charge in [-0.2, -0.15) is 0 Å². The van der Waals surface area contributed by atoms with Crippen molar-refractivity contribution < 1.29 is 0 Å². The number of rotatable bonds is 3. The van der Waals surface area contributed by atoms with E-state index < -0.39 is 0 Å². The van der Waals surface area contributed by atoms with Crippen LogP contribution in [0.1, 0.15) is 10.7 Å². The van der Waals surface area contributed by atoms with E-state index in [1.807, 2.05) is 30.5 Å². The summed E-state index contributed by atoms with van der Waals surface area (Å²) in [5, 5.41) is 2.04. The van der Waals surface area contributed by atoms with E-state index in [1.54, 1.807) is 11.3 Å². The predicted molar refractivity (Wildman–Crippen MR) is 98.3 cm³/mol. The predicted octanol–water partition coefficient (Wildman–Crippen LogP) is 2.30. The number of hydrogen-bond acceptors (Lipinski definition) is 7. The molecular formula is C17H20N6S. The zero-order chi connectivity index (χ0) is 16.5. The van der Waals surface area contributed by atoms with Gasteiger partial charge in [-0.25, -0.2) is 15.0 Å². The molecule has 0 spiro atoms. The van der Waals surface area contributed by atoms with Gasteiger partial charge < -0.3 is 10.6 Å². The second kappa shape index (κ2) is 6.33. The summed E-state index contributed by atoms with van der Waals surface area (Å²) in [7, 11) is 0. The minimum absolute atomic E-state index is 0.562. The molecule has 0 aliphatic carbocycles. The second-order valence-corrected chi connectivity index (χ2v) is 7.27. The molecule has 0 amide bonds.